The van der Waals surface area contributed by atoms with Crippen LogP contribution in [0.25, 0.3) is 0 Å². The van der Waals surface area contributed by atoms with Crippen molar-refractivity contribution in [3.8, 4) is 0 Å². The van der Waals surface area contributed by atoms with Crippen molar-refractivity contribution in [2.45, 2.75) is 11.9 Å². The molecule has 96 valence electrons. The molecule has 0 atom stereocenters. The topological polar surface area (TPSA) is 3.24 Å². The maximum atomic E-state index is 6.22. The Morgan fingerprint density at radius 1 is 1.33 bits per heavy atom. The quantitative estimate of drug-likeness (QED) is 0.586. The van der Waals surface area contributed by atoms with Gasteiger partial charge in [-0.2, -0.15) is 0 Å². The SMILES string of the molecule is CN(Cc1cc(Br)cs1)c1ccc(CBr)c(Cl)c1. The highest BCUT2D eigenvalue weighted by Gasteiger charge is 2.07. The van der Waals surface area contributed by atoms with E-state index in [0.29, 0.717) is 0 Å². The molecule has 1 aromatic heterocycles. The first kappa shape index (κ1) is 14.4. The number of thiophene rings is 1. The van der Waals surface area contributed by atoms with Crippen LogP contribution in [0.5, 0.6) is 0 Å². The van der Waals surface area contributed by atoms with Crippen molar-refractivity contribution in [1.82, 2.24) is 0 Å². The molecule has 0 aliphatic heterocycles. The predicted molar refractivity (Wildman–Crippen MR) is 88.2 cm³/mol. The van der Waals surface area contributed by atoms with Gasteiger partial charge in [0.2, 0.25) is 0 Å². The normalized spacial score (nSPS) is 10.7. The molecule has 0 unspecified atom stereocenters. The molecule has 1 heterocycles. The molecule has 0 radical (unpaired) electrons. The third-order valence-corrected chi connectivity index (χ3v) is 5.27. The first-order chi connectivity index (χ1) is 8.60. The van der Waals surface area contributed by atoms with Crippen LogP contribution in [-0.4, -0.2) is 7.05 Å². The van der Waals surface area contributed by atoms with Crippen LogP contribution in [0.3, 0.4) is 0 Å². The van der Waals surface area contributed by atoms with E-state index in [1.54, 1.807) is 11.3 Å². The first-order valence-corrected chi connectivity index (χ1v) is 8.56. The van der Waals surface area contributed by atoms with Crippen molar-refractivity contribution < 1.29 is 0 Å². The maximum Gasteiger partial charge on any atom is 0.0519 e. The second-order valence-corrected chi connectivity index (χ2v) is 6.88. The Morgan fingerprint density at radius 3 is 2.67 bits per heavy atom. The summed E-state index contributed by atoms with van der Waals surface area (Å²) in [6.45, 7) is 0.889. The van der Waals surface area contributed by atoms with Gasteiger partial charge in [-0.05, 0) is 39.7 Å². The number of anilines is 1. The van der Waals surface area contributed by atoms with Crippen LogP contribution in [0.2, 0.25) is 5.02 Å². The fourth-order valence-electron chi connectivity index (χ4n) is 1.64. The molecular formula is C13H12Br2ClNS. The lowest BCUT2D eigenvalue weighted by molar-refractivity contribution is 0.939. The minimum atomic E-state index is 0.785. The Hall–Kier alpha value is -0.0300. The van der Waals surface area contributed by atoms with Crippen LogP contribution in [0, 0.1) is 0 Å². The van der Waals surface area contributed by atoms with E-state index in [9.17, 15) is 0 Å². The fraction of sp³-hybridized carbons (Fsp3) is 0.231. The predicted octanol–water partition coefficient (Wildman–Crippen LogP) is 5.70. The van der Waals surface area contributed by atoms with Gasteiger partial charge in [0.15, 0.2) is 0 Å². The molecule has 1 nitrogen and oxygen atoms in total. The molecule has 0 amide bonds. The number of hydrogen-bond acceptors (Lipinski definition) is 2. The van der Waals surface area contributed by atoms with Gasteiger partial charge in [-0.15, -0.1) is 11.3 Å². The van der Waals surface area contributed by atoms with E-state index in [-0.39, 0.29) is 0 Å². The third-order valence-electron chi connectivity index (χ3n) is 2.64. The molecular weight excluding hydrogens is 397 g/mol. The van der Waals surface area contributed by atoms with Crippen LogP contribution in [0.1, 0.15) is 10.4 Å². The molecule has 0 aliphatic rings. The molecule has 18 heavy (non-hydrogen) atoms. The van der Waals surface area contributed by atoms with Crippen LogP contribution in [0.4, 0.5) is 5.69 Å². The molecule has 0 aliphatic carbocycles. The Balaban J connectivity index is 2.13. The zero-order chi connectivity index (χ0) is 13.1. The minimum Gasteiger partial charge on any atom is -0.369 e. The van der Waals surface area contributed by atoms with Gasteiger partial charge in [0.05, 0.1) is 6.54 Å². The number of nitrogens with zero attached hydrogens (tertiary/aromatic N) is 1. The number of benzene rings is 1. The van der Waals surface area contributed by atoms with Crippen LogP contribution in [-0.2, 0) is 11.9 Å². The second kappa shape index (κ2) is 6.42. The van der Waals surface area contributed by atoms with E-state index >= 15 is 0 Å². The molecule has 0 saturated heterocycles. The zero-order valence-electron chi connectivity index (χ0n) is 9.79. The summed E-state index contributed by atoms with van der Waals surface area (Å²) < 4.78 is 1.14. The Bertz CT molecular complexity index is 542. The number of rotatable bonds is 4. The maximum absolute atomic E-state index is 6.22. The van der Waals surface area contributed by atoms with Gasteiger partial charge in [0.25, 0.3) is 0 Å². The molecule has 2 rings (SSSR count). The lowest BCUT2D eigenvalue weighted by Crippen LogP contribution is -2.15. The van der Waals surface area contributed by atoms with Crippen molar-refractivity contribution in [2.24, 2.45) is 0 Å². The lowest BCUT2D eigenvalue weighted by atomic mass is 10.2. The van der Waals surface area contributed by atoms with Crippen molar-refractivity contribution >= 4 is 60.5 Å². The summed E-state index contributed by atoms with van der Waals surface area (Å²) in [5.41, 5.74) is 2.25. The van der Waals surface area contributed by atoms with E-state index in [1.807, 2.05) is 6.07 Å². The molecule has 0 spiro atoms. The molecule has 0 saturated carbocycles. The van der Waals surface area contributed by atoms with Gasteiger partial charge in [0.1, 0.15) is 0 Å². The summed E-state index contributed by atoms with van der Waals surface area (Å²) in [4.78, 5) is 3.52. The van der Waals surface area contributed by atoms with E-state index in [0.717, 1.165) is 32.6 Å². The second-order valence-electron chi connectivity index (χ2n) is 4.00. The molecule has 0 N–H and O–H groups in total. The smallest absolute Gasteiger partial charge is 0.0519 e. The summed E-state index contributed by atoms with van der Waals surface area (Å²) >= 11 is 14.9. The van der Waals surface area contributed by atoms with Crippen molar-refractivity contribution in [3.63, 3.8) is 0 Å². The number of hydrogen-bond donors (Lipinski definition) is 0. The van der Waals surface area contributed by atoms with E-state index < -0.39 is 0 Å². The lowest BCUT2D eigenvalue weighted by Gasteiger charge is -2.19. The Labute approximate surface area is 133 Å². The van der Waals surface area contributed by atoms with Gasteiger partial charge in [0, 0.05) is 37.8 Å². The highest BCUT2D eigenvalue weighted by atomic mass is 79.9. The van der Waals surface area contributed by atoms with Crippen LogP contribution >= 0.6 is 54.8 Å². The zero-order valence-corrected chi connectivity index (χ0v) is 14.5. The van der Waals surface area contributed by atoms with Gasteiger partial charge < -0.3 is 4.90 Å². The summed E-state index contributed by atoms with van der Waals surface area (Å²) in [5, 5.41) is 3.70. The third kappa shape index (κ3) is 3.50. The van der Waals surface area contributed by atoms with Gasteiger partial charge in [-0.1, -0.05) is 33.6 Å². The molecule has 0 bridgehead atoms. The first-order valence-electron chi connectivity index (χ1n) is 5.38. The molecule has 2 aromatic rings. The van der Waals surface area contributed by atoms with Gasteiger partial charge in [-0.25, -0.2) is 0 Å². The average Bonchev–Trinajstić information content (AvgIpc) is 2.74. The largest absolute Gasteiger partial charge is 0.369 e. The Kier molecular flexibility index (Phi) is 5.13. The highest BCUT2D eigenvalue weighted by molar-refractivity contribution is 9.10. The molecule has 1 aromatic carbocycles. The summed E-state index contributed by atoms with van der Waals surface area (Å²) in [7, 11) is 2.08. The number of alkyl halides is 1. The van der Waals surface area contributed by atoms with Crippen molar-refractivity contribution in [2.75, 3.05) is 11.9 Å². The van der Waals surface area contributed by atoms with Crippen LogP contribution < -0.4 is 4.90 Å². The summed E-state index contributed by atoms with van der Waals surface area (Å²) in [6, 6.07) is 8.33. The average molecular weight is 410 g/mol. The van der Waals surface area contributed by atoms with E-state index in [4.69, 9.17) is 11.6 Å². The highest BCUT2D eigenvalue weighted by Crippen LogP contribution is 2.27. The molecule has 5 heteroatoms. The fourth-order valence-corrected chi connectivity index (χ4v) is 4.04. The molecule has 0 fully saturated rings. The van der Waals surface area contributed by atoms with Crippen molar-refractivity contribution in [1.29, 1.82) is 0 Å². The van der Waals surface area contributed by atoms with Crippen LogP contribution in [0.15, 0.2) is 34.1 Å². The van der Waals surface area contributed by atoms with Gasteiger partial charge >= 0.3 is 0 Å². The Morgan fingerprint density at radius 2 is 2.11 bits per heavy atom. The van der Waals surface area contributed by atoms with E-state index in [1.165, 1.54) is 4.88 Å². The summed E-state index contributed by atoms with van der Waals surface area (Å²) in [6.07, 6.45) is 0. The standard InChI is InChI=1S/C13H12Br2ClNS/c1-17(7-12-4-10(15)8-18-12)11-3-2-9(6-14)13(16)5-11/h2-5,8H,6-7H2,1H3. The number of halogens is 3. The van der Waals surface area contributed by atoms with Gasteiger partial charge in [-0.3, -0.25) is 0 Å². The minimum absolute atomic E-state index is 0.785. The van der Waals surface area contributed by atoms with Crippen molar-refractivity contribution in [3.05, 3.63) is 49.6 Å². The summed E-state index contributed by atoms with van der Waals surface area (Å²) in [5.74, 6) is 0. The van der Waals surface area contributed by atoms with E-state index in [2.05, 4.69) is 67.4 Å². The monoisotopic (exact) mass is 407 g/mol.